The molecule has 4 nitrogen and oxygen atoms in total. The summed E-state index contributed by atoms with van der Waals surface area (Å²) in [4.78, 5) is 14.7. The Morgan fingerprint density at radius 3 is 3.08 bits per heavy atom. The molecule has 0 aliphatic heterocycles. The molecule has 1 aromatic heterocycles. The second-order valence-corrected chi connectivity index (χ2v) is 4.14. The maximum Gasteiger partial charge on any atom is 0.293 e. The number of nitrogens with zero attached hydrogens (tertiary/aromatic N) is 2. The highest BCUT2D eigenvalue weighted by Crippen LogP contribution is 2.21. The van der Waals surface area contributed by atoms with E-state index in [1.807, 2.05) is 6.92 Å². The lowest BCUT2D eigenvalue weighted by molar-refractivity contribution is -0.109. The number of aromatic nitrogens is 2. The minimum absolute atomic E-state index is 0.0140. The SMILES string of the molecule is CCCOc1nc(SC(C)=O)ns1. The smallest absolute Gasteiger partial charge is 0.293 e. The largest absolute Gasteiger partial charge is 0.469 e. The third-order valence-electron chi connectivity index (χ3n) is 1.05. The first-order valence-corrected chi connectivity index (χ1v) is 5.46. The Balaban J connectivity index is 2.48. The summed E-state index contributed by atoms with van der Waals surface area (Å²) in [6.45, 7) is 4.14. The second kappa shape index (κ2) is 5.18. The molecule has 0 aliphatic carbocycles. The Bertz CT molecular complexity index is 288. The summed E-state index contributed by atoms with van der Waals surface area (Å²) in [6, 6.07) is 0. The standard InChI is InChI=1S/C7H10N2O2S2/c1-3-4-11-7-8-6(9-13-7)12-5(2)10/h3-4H2,1-2H3. The van der Waals surface area contributed by atoms with E-state index in [-0.39, 0.29) is 5.12 Å². The van der Waals surface area contributed by atoms with Gasteiger partial charge >= 0.3 is 0 Å². The molecular weight excluding hydrogens is 208 g/mol. The lowest BCUT2D eigenvalue weighted by atomic mass is 10.5. The summed E-state index contributed by atoms with van der Waals surface area (Å²) in [5.41, 5.74) is 0. The van der Waals surface area contributed by atoms with Gasteiger partial charge in [0.1, 0.15) is 0 Å². The van der Waals surface area contributed by atoms with Crippen molar-refractivity contribution < 1.29 is 9.53 Å². The van der Waals surface area contributed by atoms with E-state index < -0.39 is 0 Å². The minimum Gasteiger partial charge on any atom is -0.469 e. The van der Waals surface area contributed by atoms with Crippen molar-refractivity contribution in [3.8, 4) is 5.19 Å². The number of thioether (sulfide) groups is 1. The van der Waals surface area contributed by atoms with Crippen molar-refractivity contribution in [2.45, 2.75) is 25.4 Å². The highest BCUT2D eigenvalue weighted by atomic mass is 32.2. The molecule has 0 saturated carbocycles. The van der Waals surface area contributed by atoms with Gasteiger partial charge in [0.25, 0.3) is 5.19 Å². The van der Waals surface area contributed by atoms with Crippen LogP contribution in [0.1, 0.15) is 20.3 Å². The molecule has 0 spiro atoms. The first-order chi connectivity index (χ1) is 6.22. The van der Waals surface area contributed by atoms with Gasteiger partial charge in [-0.15, -0.1) is 0 Å². The molecule has 6 heteroatoms. The van der Waals surface area contributed by atoms with Crippen LogP contribution < -0.4 is 4.74 Å². The van der Waals surface area contributed by atoms with Crippen LogP contribution in [0.2, 0.25) is 0 Å². The number of ether oxygens (including phenoxy) is 1. The molecule has 0 unspecified atom stereocenters. The van der Waals surface area contributed by atoms with E-state index in [1.54, 1.807) is 0 Å². The van der Waals surface area contributed by atoms with E-state index in [0.29, 0.717) is 17.0 Å². The van der Waals surface area contributed by atoms with Crippen molar-refractivity contribution in [1.82, 2.24) is 9.36 Å². The Labute approximate surface area is 84.9 Å². The van der Waals surface area contributed by atoms with Crippen molar-refractivity contribution in [2.75, 3.05) is 6.61 Å². The predicted octanol–water partition coefficient (Wildman–Crippen LogP) is 1.97. The number of rotatable bonds is 4. The number of hydrogen-bond acceptors (Lipinski definition) is 6. The quantitative estimate of drug-likeness (QED) is 0.723. The van der Waals surface area contributed by atoms with Crippen LogP contribution in [0.4, 0.5) is 0 Å². The van der Waals surface area contributed by atoms with E-state index in [9.17, 15) is 4.79 Å². The van der Waals surface area contributed by atoms with Crippen molar-refractivity contribution in [3.05, 3.63) is 0 Å². The molecule has 1 rings (SSSR count). The highest BCUT2D eigenvalue weighted by molar-refractivity contribution is 8.13. The normalized spacial score (nSPS) is 10.0. The molecule has 0 radical (unpaired) electrons. The Morgan fingerprint density at radius 2 is 2.46 bits per heavy atom. The van der Waals surface area contributed by atoms with Gasteiger partial charge in [-0.1, -0.05) is 6.92 Å². The maximum absolute atomic E-state index is 10.7. The molecule has 0 N–H and O–H groups in total. The van der Waals surface area contributed by atoms with Crippen LogP contribution in [0.25, 0.3) is 0 Å². The first-order valence-electron chi connectivity index (χ1n) is 3.87. The summed E-state index contributed by atoms with van der Waals surface area (Å²) < 4.78 is 9.19. The molecule has 0 atom stereocenters. The van der Waals surface area contributed by atoms with Gasteiger partial charge in [-0.3, -0.25) is 4.79 Å². The molecule has 0 aliphatic rings. The van der Waals surface area contributed by atoms with Gasteiger partial charge in [0.2, 0.25) is 5.16 Å². The second-order valence-electron chi connectivity index (χ2n) is 2.28. The average molecular weight is 218 g/mol. The van der Waals surface area contributed by atoms with Crippen LogP contribution in [0.5, 0.6) is 5.19 Å². The summed E-state index contributed by atoms with van der Waals surface area (Å²) >= 11 is 2.20. The van der Waals surface area contributed by atoms with E-state index in [1.165, 1.54) is 18.5 Å². The fourth-order valence-electron chi connectivity index (χ4n) is 0.615. The van der Waals surface area contributed by atoms with Gasteiger partial charge in [-0.2, -0.15) is 9.36 Å². The molecule has 1 heterocycles. The summed E-state index contributed by atoms with van der Waals surface area (Å²) in [6.07, 6.45) is 0.939. The van der Waals surface area contributed by atoms with Crippen molar-refractivity contribution in [2.24, 2.45) is 0 Å². The highest BCUT2D eigenvalue weighted by Gasteiger charge is 2.07. The van der Waals surface area contributed by atoms with Crippen molar-refractivity contribution in [3.63, 3.8) is 0 Å². The third kappa shape index (κ3) is 3.73. The molecule has 72 valence electrons. The Morgan fingerprint density at radius 1 is 1.69 bits per heavy atom. The molecule has 0 saturated heterocycles. The zero-order valence-corrected chi connectivity index (χ0v) is 9.07. The Kier molecular flexibility index (Phi) is 4.17. The number of hydrogen-bond donors (Lipinski definition) is 0. The first kappa shape index (κ1) is 10.5. The maximum atomic E-state index is 10.7. The van der Waals surface area contributed by atoms with E-state index in [4.69, 9.17) is 4.74 Å². The van der Waals surface area contributed by atoms with Crippen LogP contribution in [-0.2, 0) is 4.79 Å². The fraction of sp³-hybridized carbons (Fsp3) is 0.571. The van der Waals surface area contributed by atoms with Gasteiger partial charge in [0.05, 0.1) is 6.61 Å². The summed E-state index contributed by atoms with van der Waals surface area (Å²) in [5, 5.41) is 0.994. The zero-order chi connectivity index (χ0) is 9.68. The topological polar surface area (TPSA) is 52.1 Å². The fourth-order valence-corrected chi connectivity index (χ4v) is 1.78. The summed E-state index contributed by atoms with van der Waals surface area (Å²) in [5.74, 6) is 0. The third-order valence-corrected chi connectivity index (χ3v) is 2.45. The summed E-state index contributed by atoms with van der Waals surface area (Å²) in [7, 11) is 0. The van der Waals surface area contributed by atoms with Gasteiger partial charge < -0.3 is 4.74 Å². The minimum atomic E-state index is -0.0140. The van der Waals surface area contributed by atoms with Crippen LogP contribution in [-0.4, -0.2) is 21.1 Å². The van der Waals surface area contributed by atoms with Gasteiger partial charge in [0.15, 0.2) is 5.12 Å². The molecule has 13 heavy (non-hydrogen) atoms. The van der Waals surface area contributed by atoms with E-state index >= 15 is 0 Å². The van der Waals surface area contributed by atoms with E-state index in [2.05, 4.69) is 9.36 Å². The van der Waals surface area contributed by atoms with Gasteiger partial charge in [-0.25, -0.2) is 0 Å². The van der Waals surface area contributed by atoms with Crippen molar-refractivity contribution in [1.29, 1.82) is 0 Å². The van der Waals surface area contributed by atoms with Crippen LogP contribution in [0.3, 0.4) is 0 Å². The van der Waals surface area contributed by atoms with Gasteiger partial charge in [0, 0.05) is 18.5 Å². The molecule has 0 aromatic carbocycles. The number of carbonyl (C=O) groups excluding carboxylic acids is 1. The monoisotopic (exact) mass is 218 g/mol. The van der Waals surface area contributed by atoms with E-state index in [0.717, 1.165) is 18.2 Å². The lowest BCUT2D eigenvalue weighted by Gasteiger charge is -1.95. The van der Waals surface area contributed by atoms with Crippen molar-refractivity contribution >= 4 is 28.4 Å². The molecular formula is C7H10N2O2S2. The van der Waals surface area contributed by atoms with Crippen LogP contribution >= 0.6 is 23.3 Å². The average Bonchev–Trinajstić information content (AvgIpc) is 2.48. The number of carbonyl (C=O) groups is 1. The molecule has 0 bridgehead atoms. The zero-order valence-electron chi connectivity index (χ0n) is 7.44. The van der Waals surface area contributed by atoms with Crippen LogP contribution in [0, 0.1) is 0 Å². The van der Waals surface area contributed by atoms with Gasteiger partial charge in [-0.05, 0) is 18.2 Å². The lowest BCUT2D eigenvalue weighted by Crippen LogP contribution is -1.93. The molecule has 0 amide bonds. The molecule has 0 fully saturated rings. The molecule has 1 aromatic rings. The van der Waals surface area contributed by atoms with Crippen LogP contribution in [0.15, 0.2) is 5.16 Å². The Hall–Kier alpha value is -0.620. The predicted molar refractivity (Wildman–Crippen MR) is 52.2 cm³/mol.